The highest BCUT2D eigenvalue weighted by molar-refractivity contribution is 5.54. The van der Waals surface area contributed by atoms with E-state index in [2.05, 4.69) is 10.2 Å². The molecule has 4 aromatic rings. The number of benzene rings is 2. The van der Waals surface area contributed by atoms with Crippen molar-refractivity contribution in [1.29, 1.82) is 0 Å². The highest BCUT2D eigenvalue weighted by Gasteiger charge is 2.30. The first-order valence-electron chi connectivity index (χ1n) is 8.81. The Kier molecular flexibility index (Phi) is 4.85. The van der Waals surface area contributed by atoms with Crippen LogP contribution in [-0.2, 0) is 6.18 Å². The molecular formula is C20H12F3N5O3. The van der Waals surface area contributed by atoms with Gasteiger partial charge in [0.1, 0.15) is 5.69 Å². The summed E-state index contributed by atoms with van der Waals surface area (Å²) >= 11 is 0. The lowest BCUT2D eigenvalue weighted by atomic mass is 10.2. The van der Waals surface area contributed by atoms with Gasteiger partial charge in [-0.3, -0.25) is 14.9 Å². The van der Waals surface area contributed by atoms with Crippen LogP contribution in [0, 0.1) is 10.1 Å². The van der Waals surface area contributed by atoms with Gasteiger partial charge in [-0.1, -0.05) is 12.1 Å². The Morgan fingerprint density at radius 2 is 1.52 bits per heavy atom. The quantitative estimate of drug-likeness (QED) is 0.362. The molecule has 8 nitrogen and oxygen atoms in total. The van der Waals surface area contributed by atoms with Crippen molar-refractivity contribution in [3.8, 4) is 22.8 Å². The summed E-state index contributed by atoms with van der Waals surface area (Å²) in [6.45, 7) is 0. The molecule has 0 aliphatic carbocycles. The maximum Gasteiger partial charge on any atom is 0.416 e. The maximum atomic E-state index is 13.0. The van der Waals surface area contributed by atoms with E-state index in [0.29, 0.717) is 5.69 Å². The standard InChI is InChI=1S/C20H12F3N5O3/c21-20(22,23)13-3-1-4-14(11-13)27-10-8-18(29)19(25-27)17-7-9-26(24-17)15-5-2-6-16(12-15)28(30)31/h1-12H. The van der Waals surface area contributed by atoms with Crippen molar-refractivity contribution in [1.82, 2.24) is 19.6 Å². The Balaban J connectivity index is 1.73. The van der Waals surface area contributed by atoms with Crippen molar-refractivity contribution < 1.29 is 18.1 Å². The van der Waals surface area contributed by atoms with E-state index in [4.69, 9.17) is 0 Å². The van der Waals surface area contributed by atoms with Crippen LogP contribution in [0.15, 0.2) is 77.9 Å². The molecule has 2 heterocycles. The van der Waals surface area contributed by atoms with Crippen molar-refractivity contribution >= 4 is 5.69 Å². The molecular weight excluding hydrogens is 415 g/mol. The summed E-state index contributed by atoms with van der Waals surface area (Å²) < 4.78 is 41.5. The summed E-state index contributed by atoms with van der Waals surface area (Å²) in [5, 5.41) is 19.3. The molecule has 2 aromatic heterocycles. The van der Waals surface area contributed by atoms with Crippen LogP contribution < -0.4 is 5.43 Å². The van der Waals surface area contributed by atoms with E-state index in [1.54, 1.807) is 6.07 Å². The van der Waals surface area contributed by atoms with E-state index in [1.807, 2.05) is 0 Å². The number of rotatable bonds is 4. The molecule has 0 saturated carbocycles. The molecule has 31 heavy (non-hydrogen) atoms. The van der Waals surface area contributed by atoms with Gasteiger partial charge in [0.15, 0.2) is 5.69 Å². The van der Waals surface area contributed by atoms with Gasteiger partial charge in [-0.05, 0) is 30.3 Å². The predicted molar refractivity (Wildman–Crippen MR) is 104 cm³/mol. The zero-order valence-electron chi connectivity index (χ0n) is 15.5. The minimum Gasteiger partial charge on any atom is -0.287 e. The van der Waals surface area contributed by atoms with Gasteiger partial charge in [-0.15, -0.1) is 0 Å². The number of non-ortho nitro benzene ring substituents is 1. The summed E-state index contributed by atoms with van der Waals surface area (Å²) in [5.41, 5.74) is -0.848. The van der Waals surface area contributed by atoms with E-state index in [9.17, 15) is 28.1 Å². The topological polar surface area (TPSA) is 95.8 Å². The van der Waals surface area contributed by atoms with E-state index in [-0.39, 0.29) is 22.8 Å². The zero-order chi connectivity index (χ0) is 22.2. The molecule has 0 amide bonds. The average Bonchev–Trinajstić information content (AvgIpc) is 3.24. The van der Waals surface area contributed by atoms with Gasteiger partial charge in [-0.2, -0.15) is 23.4 Å². The highest BCUT2D eigenvalue weighted by Crippen LogP contribution is 2.30. The summed E-state index contributed by atoms with van der Waals surface area (Å²) in [6.07, 6.45) is -1.76. The molecule has 0 saturated heterocycles. The molecule has 0 aliphatic rings. The first-order chi connectivity index (χ1) is 14.7. The highest BCUT2D eigenvalue weighted by atomic mass is 19.4. The molecule has 2 aromatic carbocycles. The fraction of sp³-hybridized carbons (Fsp3) is 0.0500. The average molecular weight is 427 g/mol. The molecule has 0 radical (unpaired) electrons. The third-order valence-corrected chi connectivity index (χ3v) is 4.38. The van der Waals surface area contributed by atoms with Crippen LogP contribution in [0.4, 0.5) is 18.9 Å². The molecule has 4 rings (SSSR count). The van der Waals surface area contributed by atoms with Crippen LogP contribution in [0.25, 0.3) is 22.8 Å². The van der Waals surface area contributed by atoms with Crippen molar-refractivity contribution in [2.24, 2.45) is 0 Å². The largest absolute Gasteiger partial charge is 0.416 e. The predicted octanol–water partition coefficient (Wildman–Crippen LogP) is 4.01. The number of nitrogens with zero attached hydrogens (tertiary/aromatic N) is 5. The fourth-order valence-electron chi connectivity index (χ4n) is 2.90. The van der Waals surface area contributed by atoms with Crippen LogP contribution in [-0.4, -0.2) is 24.5 Å². The summed E-state index contributed by atoms with van der Waals surface area (Å²) in [7, 11) is 0. The lowest BCUT2D eigenvalue weighted by Gasteiger charge is -2.10. The van der Waals surface area contributed by atoms with Gasteiger partial charge in [0.05, 0.1) is 21.9 Å². The van der Waals surface area contributed by atoms with Crippen molar-refractivity contribution in [3.63, 3.8) is 0 Å². The Bertz CT molecular complexity index is 1340. The van der Waals surface area contributed by atoms with E-state index < -0.39 is 22.1 Å². The lowest BCUT2D eigenvalue weighted by Crippen LogP contribution is -2.14. The first kappa shape index (κ1) is 20.0. The van der Waals surface area contributed by atoms with E-state index in [1.165, 1.54) is 59.5 Å². The number of nitro benzene ring substituents is 1. The number of hydrogen-bond donors (Lipinski definition) is 0. The molecule has 0 atom stereocenters. The van der Waals surface area contributed by atoms with Crippen molar-refractivity contribution in [2.75, 3.05) is 0 Å². The van der Waals surface area contributed by atoms with Gasteiger partial charge < -0.3 is 0 Å². The van der Waals surface area contributed by atoms with E-state index in [0.717, 1.165) is 16.8 Å². The van der Waals surface area contributed by atoms with Crippen LogP contribution in [0.2, 0.25) is 0 Å². The lowest BCUT2D eigenvalue weighted by molar-refractivity contribution is -0.384. The third-order valence-electron chi connectivity index (χ3n) is 4.38. The van der Waals surface area contributed by atoms with E-state index >= 15 is 0 Å². The minimum absolute atomic E-state index is 0.0795. The molecule has 156 valence electrons. The number of aromatic nitrogens is 4. The van der Waals surface area contributed by atoms with Gasteiger partial charge >= 0.3 is 6.18 Å². The SMILES string of the molecule is O=c1ccn(-c2cccc(C(F)(F)F)c2)nc1-c1ccn(-c2cccc([N+](=O)[O-])c2)n1. The maximum absolute atomic E-state index is 13.0. The fourth-order valence-corrected chi connectivity index (χ4v) is 2.90. The smallest absolute Gasteiger partial charge is 0.287 e. The second kappa shape index (κ2) is 7.52. The van der Waals surface area contributed by atoms with Crippen LogP contribution in [0.3, 0.4) is 0 Å². The molecule has 0 fully saturated rings. The minimum atomic E-state index is -4.52. The van der Waals surface area contributed by atoms with Gasteiger partial charge in [0.25, 0.3) is 5.69 Å². The second-order valence-electron chi connectivity index (χ2n) is 6.44. The Hall–Kier alpha value is -4.28. The number of alkyl halides is 3. The molecule has 0 spiro atoms. The summed E-state index contributed by atoms with van der Waals surface area (Å²) in [5.74, 6) is 0. The number of halogens is 3. The number of hydrogen-bond acceptors (Lipinski definition) is 5. The van der Waals surface area contributed by atoms with Crippen LogP contribution in [0.1, 0.15) is 5.56 Å². The van der Waals surface area contributed by atoms with Gasteiger partial charge in [-0.25, -0.2) is 9.36 Å². The molecule has 11 heteroatoms. The monoisotopic (exact) mass is 427 g/mol. The van der Waals surface area contributed by atoms with Crippen molar-refractivity contribution in [2.45, 2.75) is 6.18 Å². The zero-order valence-corrected chi connectivity index (χ0v) is 15.5. The summed E-state index contributed by atoms with van der Waals surface area (Å²) in [4.78, 5) is 22.7. The normalized spacial score (nSPS) is 11.5. The second-order valence-corrected chi connectivity index (χ2v) is 6.44. The van der Waals surface area contributed by atoms with Crippen molar-refractivity contribution in [3.05, 3.63) is 99.0 Å². The molecule has 0 N–H and O–H groups in total. The molecule has 0 aliphatic heterocycles. The third kappa shape index (κ3) is 4.06. The number of nitro groups is 1. The molecule has 0 unspecified atom stereocenters. The Labute approximate surface area is 172 Å². The van der Waals surface area contributed by atoms with Crippen LogP contribution in [0.5, 0.6) is 0 Å². The molecule has 0 bridgehead atoms. The Morgan fingerprint density at radius 1 is 0.871 bits per heavy atom. The van der Waals surface area contributed by atoms with Gasteiger partial charge in [0.2, 0.25) is 5.43 Å². The van der Waals surface area contributed by atoms with Gasteiger partial charge in [0, 0.05) is 30.6 Å². The summed E-state index contributed by atoms with van der Waals surface area (Å²) in [6, 6.07) is 12.9. The Morgan fingerprint density at radius 3 is 2.23 bits per heavy atom. The first-order valence-corrected chi connectivity index (χ1v) is 8.81. The van der Waals surface area contributed by atoms with Crippen LogP contribution >= 0.6 is 0 Å².